The van der Waals surface area contributed by atoms with Crippen molar-refractivity contribution in [3.05, 3.63) is 0 Å². The second-order valence-electron chi connectivity index (χ2n) is 7.41. The van der Waals surface area contributed by atoms with Crippen LogP contribution in [-0.4, -0.2) is 78.1 Å². The molecule has 7 N–H and O–H groups in total. The summed E-state index contributed by atoms with van der Waals surface area (Å²) >= 11 is 1.48. The summed E-state index contributed by atoms with van der Waals surface area (Å²) in [5.41, 5.74) is 5.52. The van der Waals surface area contributed by atoms with Crippen LogP contribution in [0.25, 0.3) is 0 Å². The minimum Gasteiger partial charge on any atom is -0.480 e. The van der Waals surface area contributed by atoms with Gasteiger partial charge < -0.3 is 32.1 Å². The second kappa shape index (κ2) is 14.2. The molecule has 4 unspecified atom stereocenters. The van der Waals surface area contributed by atoms with Gasteiger partial charge in [0.05, 0.1) is 6.04 Å². The Labute approximate surface area is 181 Å². The Bertz CT molecular complexity index is 586. The van der Waals surface area contributed by atoms with Crippen LogP contribution in [0.4, 0.5) is 0 Å². The molecule has 1 fully saturated rings. The zero-order valence-electron chi connectivity index (χ0n) is 17.7. The van der Waals surface area contributed by atoms with Gasteiger partial charge in [-0.15, -0.1) is 0 Å². The van der Waals surface area contributed by atoms with E-state index in [1.165, 1.54) is 18.7 Å². The Balaban J connectivity index is 2.66. The predicted molar refractivity (Wildman–Crippen MR) is 116 cm³/mol. The molecule has 11 heteroatoms. The Kier molecular flexibility index (Phi) is 12.4. The van der Waals surface area contributed by atoms with Crippen LogP contribution in [0.3, 0.4) is 0 Å². The maximum atomic E-state index is 12.7. The Hall–Kier alpha value is -1.85. The number of nitrogens with one attached hydrogen (secondary N) is 4. The molecule has 0 bridgehead atoms. The lowest BCUT2D eigenvalue weighted by Gasteiger charge is -2.23. The van der Waals surface area contributed by atoms with Gasteiger partial charge in [-0.25, -0.2) is 4.79 Å². The molecule has 172 valence electrons. The fourth-order valence-electron chi connectivity index (χ4n) is 3.11. The van der Waals surface area contributed by atoms with E-state index in [-0.39, 0.29) is 18.4 Å². The van der Waals surface area contributed by atoms with E-state index in [4.69, 9.17) is 5.73 Å². The normalized spacial score (nSPS) is 18.8. The molecule has 1 heterocycles. The SMILES string of the molecule is CSCCC(NC(=O)C(C)NC(=O)C(CCCCN)NC(=O)C1CCCN1)C(=O)O. The van der Waals surface area contributed by atoms with Gasteiger partial charge in [-0.2, -0.15) is 11.8 Å². The number of carbonyl (C=O) groups excluding carboxylic acids is 3. The van der Waals surface area contributed by atoms with Gasteiger partial charge in [0.25, 0.3) is 0 Å². The zero-order chi connectivity index (χ0) is 22.5. The lowest BCUT2D eigenvalue weighted by Crippen LogP contribution is -2.56. The van der Waals surface area contributed by atoms with Crippen molar-refractivity contribution in [2.24, 2.45) is 5.73 Å². The van der Waals surface area contributed by atoms with E-state index in [0.717, 1.165) is 13.0 Å². The van der Waals surface area contributed by atoms with Crippen LogP contribution < -0.4 is 27.0 Å². The third-order valence-electron chi connectivity index (χ3n) is 4.93. The first-order valence-electron chi connectivity index (χ1n) is 10.4. The topological polar surface area (TPSA) is 163 Å². The molecular weight excluding hydrogens is 410 g/mol. The predicted octanol–water partition coefficient (Wildman–Crippen LogP) is -0.821. The highest BCUT2D eigenvalue weighted by molar-refractivity contribution is 7.98. The van der Waals surface area contributed by atoms with Crippen LogP contribution in [0.1, 0.15) is 45.4 Å². The van der Waals surface area contributed by atoms with E-state index in [1.54, 1.807) is 0 Å². The number of aliphatic carboxylic acids is 1. The number of hydrogen-bond donors (Lipinski definition) is 6. The number of rotatable bonds is 14. The average Bonchev–Trinajstić information content (AvgIpc) is 3.24. The largest absolute Gasteiger partial charge is 0.480 e. The summed E-state index contributed by atoms with van der Waals surface area (Å²) < 4.78 is 0. The smallest absolute Gasteiger partial charge is 0.326 e. The van der Waals surface area contributed by atoms with Gasteiger partial charge in [-0.05, 0) is 70.5 Å². The molecular formula is C19H35N5O5S. The number of thioether (sulfide) groups is 1. The number of carboxylic acid groups (broad SMARTS) is 1. The van der Waals surface area contributed by atoms with E-state index < -0.39 is 35.9 Å². The van der Waals surface area contributed by atoms with Crippen molar-refractivity contribution in [1.82, 2.24) is 21.3 Å². The number of nitrogens with two attached hydrogens (primary N) is 1. The lowest BCUT2D eigenvalue weighted by atomic mass is 10.1. The summed E-state index contributed by atoms with van der Waals surface area (Å²) in [5.74, 6) is -1.83. The minimum absolute atomic E-state index is 0.236. The van der Waals surface area contributed by atoms with E-state index >= 15 is 0 Å². The van der Waals surface area contributed by atoms with E-state index in [2.05, 4.69) is 21.3 Å². The Morgan fingerprint density at radius 3 is 2.40 bits per heavy atom. The molecule has 1 aliphatic rings. The van der Waals surface area contributed by atoms with Gasteiger partial charge in [-0.1, -0.05) is 0 Å². The molecule has 30 heavy (non-hydrogen) atoms. The molecule has 3 amide bonds. The van der Waals surface area contributed by atoms with Crippen molar-refractivity contribution in [2.75, 3.05) is 25.1 Å². The maximum absolute atomic E-state index is 12.7. The molecule has 0 spiro atoms. The van der Waals surface area contributed by atoms with Crippen molar-refractivity contribution in [1.29, 1.82) is 0 Å². The highest BCUT2D eigenvalue weighted by atomic mass is 32.2. The van der Waals surface area contributed by atoms with Crippen LogP contribution >= 0.6 is 11.8 Å². The molecule has 0 aromatic heterocycles. The number of carboxylic acids is 1. The molecule has 1 aliphatic heterocycles. The van der Waals surface area contributed by atoms with Crippen LogP contribution in [0, 0.1) is 0 Å². The van der Waals surface area contributed by atoms with Gasteiger partial charge in [0.2, 0.25) is 17.7 Å². The third kappa shape index (κ3) is 9.31. The van der Waals surface area contributed by atoms with Gasteiger partial charge >= 0.3 is 5.97 Å². The van der Waals surface area contributed by atoms with E-state index in [9.17, 15) is 24.3 Å². The van der Waals surface area contributed by atoms with Crippen LogP contribution in [0.5, 0.6) is 0 Å². The maximum Gasteiger partial charge on any atom is 0.326 e. The molecule has 0 aliphatic carbocycles. The van der Waals surface area contributed by atoms with Crippen molar-refractivity contribution >= 4 is 35.5 Å². The quantitative estimate of drug-likeness (QED) is 0.189. The highest BCUT2D eigenvalue weighted by Crippen LogP contribution is 2.08. The molecule has 10 nitrogen and oxygen atoms in total. The van der Waals surface area contributed by atoms with E-state index in [1.807, 2.05) is 6.26 Å². The fraction of sp³-hybridized carbons (Fsp3) is 0.789. The molecule has 0 aromatic carbocycles. The van der Waals surface area contributed by atoms with Gasteiger partial charge in [0, 0.05) is 0 Å². The molecule has 0 aromatic rings. The molecule has 0 saturated carbocycles. The summed E-state index contributed by atoms with van der Waals surface area (Å²) in [6.45, 7) is 2.73. The van der Waals surface area contributed by atoms with Gasteiger partial charge in [-0.3, -0.25) is 14.4 Å². The number of amides is 3. The summed E-state index contributed by atoms with van der Waals surface area (Å²) in [6, 6.07) is -3.05. The summed E-state index contributed by atoms with van der Waals surface area (Å²) in [7, 11) is 0. The van der Waals surface area contributed by atoms with Crippen molar-refractivity contribution in [3.8, 4) is 0 Å². The second-order valence-corrected chi connectivity index (χ2v) is 8.39. The Morgan fingerprint density at radius 2 is 1.83 bits per heavy atom. The minimum atomic E-state index is -1.12. The van der Waals surface area contributed by atoms with Crippen molar-refractivity contribution in [2.45, 2.75) is 69.6 Å². The van der Waals surface area contributed by atoms with Gasteiger partial charge in [0.15, 0.2) is 0 Å². The average molecular weight is 446 g/mol. The Morgan fingerprint density at radius 1 is 1.10 bits per heavy atom. The number of unbranched alkanes of at least 4 members (excludes halogenated alkanes) is 1. The number of hydrogen-bond acceptors (Lipinski definition) is 7. The molecule has 1 saturated heterocycles. The third-order valence-corrected chi connectivity index (χ3v) is 5.58. The first-order chi connectivity index (χ1) is 14.3. The van der Waals surface area contributed by atoms with Crippen molar-refractivity contribution < 1.29 is 24.3 Å². The highest BCUT2D eigenvalue weighted by Gasteiger charge is 2.29. The summed E-state index contributed by atoms with van der Waals surface area (Å²) in [5, 5.41) is 20.1. The first kappa shape index (κ1) is 26.2. The lowest BCUT2D eigenvalue weighted by molar-refractivity contribution is -0.142. The van der Waals surface area contributed by atoms with E-state index in [0.29, 0.717) is 38.0 Å². The standard InChI is InChI=1S/C19H35N5O5S/c1-12(16(25)24-15(19(28)29)8-11-30-2)22-18(27)14(6-3-4-9-20)23-17(26)13-7-5-10-21-13/h12-15,21H,3-11,20H2,1-2H3,(H,22,27)(H,23,26)(H,24,25)(H,28,29). The van der Waals surface area contributed by atoms with Gasteiger partial charge in [0.1, 0.15) is 18.1 Å². The summed E-state index contributed by atoms with van der Waals surface area (Å²) in [6.07, 6.45) is 5.53. The number of carbonyl (C=O) groups is 4. The molecule has 4 atom stereocenters. The first-order valence-corrected chi connectivity index (χ1v) is 11.8. The van der Waals surface area contributed by atoms with Crippen LogP contribution in [0.15, 0.2) is 0 Å². The summed E-state index contributed by atoms with van der Waals surface area (Å²) in [4.78, 5) is 48.8. The van der Waals surface area contributed by atoms with Crippen LogP contribution in [-0.2, 0) is 19.2 Å². The molecule has 1 rings (SSSR count). The fourth-order valence-corrected chi connectivity index (χ4v) is 3.58. The van der Waals surface area contributed by atoms with Crippen molar-refractivity contribution in [3.63, 3.8) is 0 Å². The zero-order valence-corrected chi connectivity index (χ0v) is 18.6. The monoisotopic (exact) mass is 445 g/mol. The van der Waals surface area contributed by atoms with Crippen LogP contribution in [0.2, 0.25) is 0 Å². The molecule has 0 radical (unpaired) electrons.